The summed E-state index contributed by atoms with van der Waals surface area (Å²) in [5.74, 6) is 0. The lowest BCUT2D eigenvalue weighted by atomic mass is 10.3. The van der Waals surface area contributed by atoms with Crippen LogP contribution in [0.3, 0.4) is 0 Å². The molecule has 4 unspecified atom stereocenters. The normalized spacial score (nSPS) is 30.1. The molecule has 0 spiro atoms. The lowest BCUT2D eigenvalue weighted by Crippen LogP contribution is -2.50. The van der Waals surface area contributed by atoms with Crippen LogP contribution in [0, 0.1) is 0 Å². The highest BCUT2D eigenvalue weighted by Crippen LogP contribution is 2.25. The van der Waals surface area contributed by atoms with Gasteiger partial charge in [-0.25, -0.2) is 0 Å². The smallest absolute Gasteiger partial charge is 0.377 e. The maximum absolute atomic E-state index is 6.03. The predicted octanol–water partition coefficient (Wildman–Crippen LogP) is -0.195. The summed E-state index contributed by atoms with van der Waals surface area (Å²) in [5.41, 5.74) is 0. The van der Waals surface area contributed by atoms with Gasteiger partial charge in [-0.3, -0.25) is 0 Å². The Balaban J connectivity index is 1.61. The van der Waals surface area contributed by atoms with Gasteiger partial charge in [0.1, 0.15) is 24.4 Å². The fraction of sp³-hybridized carbons (Fsp3) is 1.00. The summed E-state index contributed by atoms with van der Waals surface area (Å²) < 4.78 is 50.2. The fourth-order valence-electron chi connectivity index (χ4n) is 2.37. The summed E-state index contributed by atoms with van der Waals surface area (Å²) in [7, 11) is 1.87. The predicted molar refractivity (Wildman–Crippen MR) is 86.2 cm³/mol. The fourth-order valence-corrected chi connectivity index (χ4v) is 4.17. The van der Waals surface area contributed by atoms with Crippen molar-refractivity contribution in [3.05, 3.63) is 0 Å². The minimum Gasteiger partial charge on any atom is -0.377 e. The third-order valence-electron chi connectivity index (χ3n) is 4.28. The van der Waals surface area contributed by atoms with Crippen LogP contribution >= 0.6 is 0 Å². The lowest BCUT2D eigenvalue weighted by molar-refractivity contribution is -0.208. The third kappa shape index (κ3) is 6.51. The Bertz CT molecular complexity index is 372. The molecule has 0 N–H and O–H groups in total. The van der Waals surface area contributed by atoms with Crippen LogP contribution < -0.4 is 0 Å². The molecule has 0 aromatic carbocycles. The summed E-state index contributed by atoms with van der Waals surface area (Å²) in [6.07, 6.45) is -0.604. The quantitative estimate of drug-likeness (QED) is 0.218. The topological polar surface area (TPSA) is 93.0 Å². The molecule has 9 nitrogen and oxygen atoms in total. The lowest BCUT2D eigenvalue weighted by Gasteiger charge is -2.32. The molecule has 0 radical (unpaired) electrons. The summed E-state index contributed by atoms with van der Waals surface area (Å²) >= 11 is 0. The van der Waals surface area contributed by atoms with Gasteiger partial charge in [-0.2, -0.15) is 0 Å². The summed E-state index contributed by atoms with van der Waals surface area (Å²) in [6, 6.07) is 0.408. The van der Waals surface area contributed by atoms with Gasteiger partial charge >= 0.3 is 8.80 Å². The van der Waals surface area contributed by atoms with Crippen LogP contribution in [-0.2, 0) is 41.7 Å². The van der Waals surface area contributed by atoms with Crippen LogP contribution in [0.25, 0.3) is 0 Å². The van der Waals surface area contributed by atoms with E-state index in [2.05, 4.69) is 0 Å². The van der Waals surface area contributed by atoms with Gasteiger partial charge in [-0.15, -0.1) is 0 Å². The van der Waals surface area contributed by atoms with E-state index in [0.717, 1.165) is 0 Å². The first-order valence-corrected chi connectivity index (χ1v) is 10.5. The van der Waals surface area contributed by atoms with Gasteiger partial charge < -0.3 is 41.7 Å². The first-order valence-electron chi connectivity index (χ1n) is 8.53. The van der Waals surface area contributed by atoms with Gasteiger partial charge in [0.25, 0.3) is 0 Å². The number of rotatable bonds is 15. The molecular formula is C15H28O9Si. The zero-order chi connectivity index (χ0) is 17.7. The molecule has 3 saturated heterocycles. The molecule has 0 aromatic rings. The molecular weight excluding hydrogens is 352 g/mol. The summed E-state index contributed by atoms with van der Waals surface area (Å²) in [5, 5.41) is 0. The molecule has 3 rings (SSSR count). The third-order valence-corrected chi connectivity index (χ3v) is 7.05. The average molecular weight is 380 g/mol. The van der Waals surface area contributed by atoms with Crippen molar-refractivity contribution in [3.63, 3.8) is 0 Å². The zero-order valence-corrected chi connectivity index (χ0v) is 16.0. The van der Waals surface area contributed by atoms with E-state index in [0.29, 0.717) is 45.7 Å². The molecule has 4 atom stereocenters. The maximum Gasteiger partial charge on any atom is 0.503 e. The SMILES string of the molecule is CO[Si](CC(OCC1CO1)C(OCC1CO1)OCC1CO1)(OC)OC. The molecule has 3 heterocycles. The standard InChI is InChI=1S/C15H28O9Si/c1-16-25(17-2,18-3)10-14(22-7-11-4-19-11)15(23-8-12-5-20-12)24-9-13-6-21-13/h11-15H,4-10H2,1-3H3. The van der Waals surface area contributed by atoms with Crippen molar-refractivity contribution in [1.82, 2.24) is 0 Å². The highest BCUT2D eigenvalue weighted by molar-refractivity contribution is 6.60. The molecule has 0 aliphatic carbocycles. The van der Waals surface area contributed by atoms with Crippen LogP contribution in [0.1, 0.15) is 0 Å². The Morgan fingerprint density at radius 1 is 0.760 bits per heavy atom. The maximum atomic E-state index is 6.03. The van der Waals surface area contributed by atoms with Gasteiger partial charge in [0.15, 0.2) is 6.29 Å². The Morgan fingerprint density at radius 2 is 1.16 bits per heavy atom. The van der Waals surface area contributed by atoms with Gasteiger partial charge in [-0.1, -0.05) is 0 Å². The molecule has 146 valence electrons. The molecule has 25 heavy (non-hydrogen) atoms. The molecule has 0 bridgehead atoms. The van der Waals surface area contributed by atoms with Gasteiger partial charge in [0.2, 0.25) is 0 Å². The van der Waals surface area contributed by atoms with Crippen LogP contribution in [-0.4, -0.2) is 100 Å². The monoisotopic (exact) mass is 380 g/mol. The second kappa shape index (κ2) is 9.18. The average Bonchev–Trinajstić information content (AvgIpc) is 3.50. The van der Waals surface area contributed by atoms with Crippen LogP contribution in [0.2, 0.25) is 6.04 Å². The number of ether oxygens (including phenoxy) is 6. The van der Waals surface area contributed by atoms with Crippen molar-refractivity contribution < 1.29 is 41.7 Å². The van der Waals surface area contributed by atoms with Crippen LogP contribution in [0.4, 0.5) is 0 Å². The molecule has 3 aliphatic rings. The van der Waals surface area contributed by atoms with E-state index in [1.54, 1.807) is 21.3 Å². The Morgan fingerprint density at radius 3 is 1.52 bits per heavy atom. The first-order chi connectivity index (χ1) is 12.2. The first kappa shape index (κ1) is 19.6. The van der Waals surface area contributed by atoms with Crippen molar-refractivity contribution in [1.29, 1.82) is 0 Å². The van der Waals surface area contributed by atoms with E-state index in [9.17, 15) is 0 Å². The minimum atomic E-state index is -2.86. The number of epoxide rings is 3. The van der Waals surface area contributed by atoms with E-state index in [1.165, 1.54) is 0 Å². The molecule has 3 fully saturated rings. The van der Waals surface area contributed by atoms with Crippen molar-refractivity contribution in [2.75, 3.05) is 61.0 Å². The largest absolute Gasteiger partial charge is 0.503 e. The number of hydrogen-bond donors (Lipinski definition) is 0. The van der Waals surface area contributed by atoms with Gasteiger partial charge in [-0.05, 0) is 0 Å². The van der Waals surface area contributed by atoms with Crippen molar-refractivity contribution in [3.8, 4) is 0 Å². The van der Waals surface area contributed by atoms with Crippen molar-refractivity contribution in [2.45, 2.75) is 36.7 Å². The summed E-state index contributed by atoms with van der Waals surface area (Å²) in [4.78, 5) is 0. The van der Waals surface area contributed by atoms with Crippen LogP contribution in [0.5, 0.6) is 0 Å². The molecule has 3 aliphatic heterocycles. The van der Waals surface area contributed by atoms with E-state index in [4.69, 9.17) is 41.7 Å². The highest BCUT2D eigenvalue weighted by Gasteiger charge is 2.45. The highest BCUT2D eigenvalue weighted by atomic mass is 28.4. The minimum absolute atomic E-state index is 0.130. The van der Waals surface area contributed by atoms with Crippen molar-refractivity contribution in [2.24, 2.45) is 0 Å². The van der Waals surface area contributed by atoms with Crippen LogP contribution in [0.15, 0.2) is 0 Å². The van der Waals surface area contributed by atoms with E-state index in [1.807, 2.05) is 0 Å². The zero-order valence-electron chi connectivity index (χ0n) is 15.0. The molecule has 0 saturated carbocycles. The summed E-state index contributed by atoms with van der Waals surface area (Å²) in [6.45, 7) is 3.52. The van der Waals surface area contributed by atoms with E-state index >= 15 is 0 Å². The van der Waals surface area contributed by atoms with E-state index in [-0.39, 0.29) is 18.3 Å². The van der Waals surface area contributed by atoms with Crippen molar-refractivity contribution >= 4 is 8.80 Å². The molecule has 0 aromatic heterocycles. The second-order valence-electron chi connectivity index (χ2n) is 6.27. The Labute approximate surface area is 149 Å². The molecule has 0 amide bonds. The van der Waals surface area contributed by atoms with E-state index < -0.39 is 21.2 Å². The Hall–Kier alpha value is -0.143. The van der Waals surface area contributed by atoms with Gasteiger partial charge in [0, 0.05) is 27.4 Å². The van der Waals surface area contributed by atoms with Gasteiger partial charge in [0.05, 0.1) is 39.6 Å². The number of hydrogen-bond acceptors (Lipinski definition) is 9. The second-order valence-corrected chi connectivity index (χ2v) is 9.27. The molecule has 10 heteroatoms. The Kier molecular flexibility index (Phi) is 7.20.